The molecule has 3 aromatic rings. The standard InChI is InChI=1S/C17H17N3OS/c1-3-22-17-19-18-16(14-11-7-8-12-15(14)21-2)20(17)13-9-5-4-6-10-13/h4-12H,3H2,1-2H3. The van der Waals surface area contributed by atoms with E-state index in [-0.39, 0.29) is 0 Å². The van der Waals surface area contributed by atoms with Crippen LogP contribution in [0.15, 0.2) is 59.8 Å². The largest absolute Gasteiger partial charge is 0.496 e. The summed E-state index contributed by atoms with van der Waals surface area (Å²) in [4.78, 5) is 0. The molecule has 0 atom stereocenters. The Morgan fingerprint density at radius 2 is 1.73 bits per heavy atom. The minimum absolute atomic E-state index is 0.791. The SMILES string of the molecule is CCSc1nnc(-c2ccccc2OC)n1-c1ccccc1. The Labute approximate surface area is 134 Å². The van der Waals surface area contributed by atoms with Crippen LogP contribution in [0, 0.1) is 0 Å². The predicted molar refractivity (Wildman–Crippen MR) is 89.7 cm³/mol. The van der Waals surface area contributed by atoms with Gasteiger partial charge in [0, 0.05) is 5.69 Å². The van der Waals surface area contributed by atoms with Crippen LogP contribution >= 0.6 is 11.8 Å². The van der Waals surface area contributed by atoms with E-state index in [0.29, 0.717) is 0 Å². The molecule has 0 spiro atoms. The van der Waals surface area contributed by atoms with E-state index in [2.05, 4.69) is 33.8 Å². The maximum absolute atomic E-state index is 5.47. The molecule has 0 bridgehead atoms. The third-order valence-corrected chi connectivity index (χ3v) is 4.08. The van der Waals surface area contributed by atoms with Crippen molar-refractivity contribution in [3.63, 3.8) is 0 Å². The zero-order valence-electron chi connectivity index (χ0n) is 12.6. The minimum atomic E-state index is 0.791. The molecule has 0 saturated heterocycles. The summed E-state index contributed by atoms with van der Waals surface area (Å²) in [6.07, 6.45) is 0. The Kier molecular flexibility index (Phi) is 4.44. The van der Waals surface area contributed by atoms with E-state index in [1.807, 2.05) is 42.5 Å². The van der Waals surface area contributed by atoms with Crippen LogP contribution in [0.25, 0.3) is 17.1 Å². The Balaban J connectivity index is 2.20. The summed E-state index contributed by atoms with van der Waals surface area (Å²) in [5, 5.41) is 9.64. The van der Waals surface area contributed by atoms with Crippen LogP contribution in [0.4, 0.5) is 0 Å². The van der Waals surface area contributed by atoms with Crippen LogP contribution in [0.2, 0.25) is 0 Å². The molecule has 1 heterocycles. The molecule has 1 aromatic heterocycles. The van der Waals surface area contributed by atoms with Gasteiger partial charge in [-0.2, -0.15) is 0 Å². The smallest absolute Gasteiger partial charge is 0.196 e. The molecule has 0 fully saturated rings. The third-order valence-electron chi connectivity index (χ3n) is 3.27. The van der Waals surface area contributed by atoms with E-state index in [1.54, 1.807) is 18.9 Å². The average molecular weight is 311 g/mol. The monoisotopic (exact) mass is 311 g/mol. The maximum atomic E-state index is 5.47. The van der Waals surface area contributed by atoms with Gasteiger partial charge in [-0.1, -0.05) is 49.0 Å². The van der Waals surface area contributed by atoms with Crippen molar-refractivity contribution in [2.75, 3.05) is 12.9 Å². The molecule has 5 heteroatoms. The second-order valence-electron chi connectivity index (χ2n) is 4.61. The van der Waals surface area contributed by atoms with Gasteiger partial charge in [0.25, 0.3) is 0 Å². The van der Waals surface area contributed by atoms with Gasteiger partial charge in [-0.15, -0.1) is 10.2 Å². The van der Waals surface area contributed by atoms with Crippen molar-refractivity contribution in [3.8, 4) is 22.8 Å². The van der Waals surface area contributed by atoms with Gasteiger partial charge in [0.15, 0.2) is 11.0 Å². The van der Waals surface area contributed by atoms with Gasteiger partial charge < -0.3 is 4.74 Å². The van der Waals surface area contributed by atoms with Gasteiger partial charge >= 0.3 is 0 Å². The van der Waals surface area contributed by atoms with Crippen LogP contribution in [0.5, 0.6) is 5.75 Å². The summed E-state index contributed by atoms with van der Waals surface area (Å²) in [7, 11) is 1.67. The molecule has 0 saturated carbocycles. The molecular weight excluding hydrogens is 294 g/mol. The van der Waals surface area contributed by atoms with Crippen LogP contribution in [0.1, 0.15) is 6.92 Å². The number of para-hydroxylation sites is 2. The van der Waals surface area contributed by atoms with Gasteiger partial charge in [0.05, 0.1) is 12.7 Å². The van der Waals surface area contributed by atoms with Gasteiger partial charge in [-0.05, 0) is 30.0 Å². The topological polar surface area (TPSA) is 39.9 Å². The van der Waals surface area contributed by atoms with Crippen molar-refractivity contribution in [2.45, 2.75) is 12.1 Å². The van der Waals surface area contributed by atoms with E-state index < -0.39 is 0 Å². The fraction of sp³-hybridized carbons (Fsp3) is 0.176. The number of benzene rings is 2. The van der Waals surface area contributed by atoms with E-state index in [0.717, 1.165) is 33.7 Å². The van der Waals surface area contributed by atoms with E-state index in [9.17, 15) is 0 Å². The van der Waals surface area contributed by atoms with Crippen LogP contribution in [0.3, 0.4) is 0 Å². The van der Waals surface area contributed by atoms with Gasteiger partial charge in [0.1, 0.15) is 5.75 Å². The zero-order chi connectivity index (χ0) is 15.4. The van der Waals surface area contributed by atoms with E-state index in [4.69, 9.17) is 4.74 Å². The molecule has 22 heavy (non-hydrogen) atoms. The van der Waals surface area contributed by atoms with Gasteiger partial charge in [0.2, 0.25) is 0 Å². The van der Waals surface area contributed by atoms with Crippen LogP contribution in [-0.4, -0.2) is 27.6 Å². The molecule has 0 N–H and O–H groups in total. The highest BCUT2D eigenvalue weighted by Crippen LogP contribution is 2.32. The lowest BCUT2D eigenvalue weighted by Gasteiger charge is -2.12. The number of aromatic nitrogens is 3. The van der Waals surface area contributed by atoms with Gasteiger partial charge in [-0.25, -0.2) is 0 Å². The van der Waals surface area contributed by atoms with E-state index in [1.165, 1.54) is 0 Å². The lowest BCUT2D eigenvalue weighted by Crippen LogP contribution is -2.00. The number of rotatable bonds is 5. The van der Waals surface area contributed by atoms with Crippen molar-refractivity contribution >= 4 is 11.8 Å². The predicted octanol–water partition coefficient (Wildman–Crippen LogP) is 4.05. The molecule has 0 aliphatic carbocycles. The number of nitrogens with zero attached hydrogens (tertiary/aromatic N) is 3. The first kappa shape index (κ1) is 14.7. The second-order valence-corrected chi connectivity index (χ2v) is 5.84. The lowest BCUT2D eigenvalue weighted by atomic mass is 10.2. The van der Waals surface area contributed by atoms with Crippen molar-refractivity contribution in [3.05, 3.63) is 54.6 Å². The normalized spacial score (nSPS) is 10.6. The minimum Gasteiger partial charge on any atom is -0.496 e. The summed E-state index contributed by atoms with van der Waals surface area (Å²) in [6, 6.07) is 18.0. The Morgan fingerprint density at radius 3 is 2.45 bits per heavy atom. The Bertz CT molecular complexity index is 756. The van der Waals surface area contributed by atoms with Crippen molar-refractivity contribution < 1.29 is 4.74 Å². The summed E-state index contributed by atoms with van der Waals surface area (Å²) in [5.41, 5.74) is 1.98. The summed E-state index contributed by atoms with van der Waals surface area (Å²) < 4.78 is 7.55. The number of thioether (sulfide) groups is 1. The number of hydrogen-bond acceptors (Lipinski definition) is 4. The summed E-state index contributed by atoms with van der Waals surface area (Å²) in [6.45, 7) is 2.11. The first-order valence-corrected chi connectivity index (χ1v) is 8.10. The first-order valence-electron chi connectivity index (χ1n) is 7.12. The van der Waals surface area contributed by atoms with Crippen molar-refractivity contribution in [2.24, 2.45) is 0 Å². The van der Waals surface area contributed by atoms with Crippen molar-refractivity contribution in [1.29, 1.82) is 0 Å². The number of methoxy groups -OCH3 is 1. The van der Waals surface area contributed by atoms with Crippen molar-refractivity contribution in [1.82, 2.24) is 14.8 Å². The highest BCUT2D eigenvalue weighted by molar-refractivity contribution is 7.99. The fourth-order valence-electron chi connectivity index (χ4n) is 2.31. The van der Waals surface area contributed by atoms with E-state index >= 15 is 0 Å². The zero-order valence-corrected chi connectivity index (χ0v) is 13.4. The molecular formula is C17H17N3OS. The number of ether oxygens (including phenoxy) is 1. The van der Waals surface area contributed by atoms with Crippen LogP contribution in [-0.2, 0) is 0 Å². The summed E-state index contributed by atoms with van der Waals surface area (Å²) >= 11 is 1.67. The molecule has 0 unspecified atom stereocenters. The lowest BCUT2D eigenvalue weighted by molar-refractivity contribution is 0.416. The van der Waals surface area contributed by atoms with Crippen LogP contribution < -0.4 is 4.74 Å². The Hall–Kier alpha value is -2.27. The molecule has 3 rings (SSSR count). The molecule has 0 radical (unpaired) electrons. The molecule has 0 aliphatic heterocycles. The first-order chi connectivity index (χ1) is 10.8. The number of hydrogen-bond donors (Lipinski definition) is 0. The second kappa shape index (κ2) is 6.66. The Morgan fingerprint density at radius 1 is 1.00 bits per heavy atom. The third kappa shape index (κ3) is 2.72. The molecule has 2 aromatic carbocycles. The quantitative estimate of drug-likeness (QED) is 0.666. The highest BCUT2D eigenvalue weighted by atomic mass is 32.2. The highest BCUT2D eigenvalue weighted by Gasteiger charge is 2.18. The maximum Gasteiger partial charge on any atom is 0.196 e. The fourth-order valence-corrected chi connectivity index (χ4v) is 2.98. The molecule has 4 nitrogen and oxygen atoms in total. The van der Waals surface area contributed by atoms with Gasteiger partial charge in [-0.3, -0.25) is 4.57 Å². The molecule has 0 aliphatic rings. The molecule has 112 valence electrons. The molecule has 0 amide bonds. The summed E-state index contributed by atoms with van der Waals surface area (Å²) in [5.74, 6) is 2.52. The average Bonchev–Trinajstić information content (AvgIpc) is 2.99.